The van der Waals surface area contributed by atoms with Crippen LogP contribution in [-0.2, 0) is 9.59 Å². The van der Waals surface area contributed by atoms with E-state index >= 15 is 0 Å². The Labute approximate surface area is 77.8 Å². The Bertz CT molecular complexity index is 161. The minimum absolute atomic E-state index is 0. The minimum Gasteiger partial charge on any atom is -0.356 e. The van der Waals surface area contributed by atoms with Gasteiger partial charge in [-0.15, -0.1) is 0 Å². The van der Waals surface area contributed by atoms with Gasteiger partial charge < -0.3 is 22.5 Å². The maximum atomic E-state index is 10.9. The highest BCUT2D eigenvalue weighted by Crippen LogP contribution is 1.76. The van der Waals surface area contributed by atoms with Gasteiger partial charge in [-0.3, -0.25) is 9.59 Å². The molecule has 0 spiro atoms. The summed E-state index contributed by atoms with van der Waals surface area (Å²) in [5.41, 5.74) is 5.17. The maximum absolute atomic E-state index is 10.9. The standard InChI is InChI=1S/C7H15N3O2.H3N/c1-6(11)9-4-2-7(12)10-5-3-8;/h2-5,8H2,1H3,(H,9,11)(H,10,12);1H3. The zero-order valence-electron chi connectivity index (χ0n) is 7.93. The Hall–Kier alpha value is -1.14. The van der Waals surface area contributed by atoms with E-state index < -0.39 is 0 Å². The minimum atomic E-state index is -0.123. The number of amides is 2. The van der Waals surface area contributed by atoms with Crippen LogP contribution in [0.2, 0.25) is 0 Å². The Balaban J connectivity index is 0. The van der Waals surface area contributed by atoms with Crippen molar-refractivity contribution in [3.8, 4) is 0 Å². The second kappa shape index (κ2) is 8.95. The summed E-state index contributed by atoms with van der Waals surface area (Å²) in [6.45, 7) is 2.72. The van der Waals surface area contributed by atoms with Crippen LogP contribution in [0, 0.1) is 0 Å². The SMILES string of the molecule is CC(=O)NCCC(=O)NCCN.N. The average molecular weight is 190 g/mol. The van der Waals surface area contributed by atoms with Gasteiger partial charge in [-0.05, 0) is 0 Å². The third kappa shape index (κ3) is 10.9. The summed E-state index contributed by atoms with van der Waals surface area (Å²) in [6.07, 6.45) is 0.305. The van der Waals surface area contributed by atoms with Crippen molar-refractivity contribution in [3.05, 3.63) is 0 Å². The van der Waals surface area contributed by atoms with Gasteiger partial charge in [-0.1, -0.05) is 0 Å². The first-order valence-corrected chi connectivity index (χ1v) is 3.88. The van der Waals surface area contributed by atoms with E-state index in [9.17, 15) is 9.59 Å². The van der Waals surface area contributed by atoms with E-state index in [4.69, 9.17) is 5.73 Å². The number of nitrogens with one attached hydrogen (secondary N) is 2. The van der Waals surface area contributed by atoms with Gasteiger partial charge in [0.15, 0.2) is 0 Å². The molecule has 6 heteroatoms. The van der Waals surface area contributed by atoms with E-state index in [0.29, 0.717) is 26.1 Å². The van der Waals surface area contributed by atoms with Crippen molar-refractivity contribution in [2.24, 2.45) is 5.73 Å². The van der Waals surface area contributed by atoms with Crippen molar-refractivity contribution in [1.82, 2.24) is 16.8 Å². The highest BCUT2D eigenvalue weighted by molar-refractivity contribution is 5.77. The number of hydrogen-bond acceptors (Lipinski definition) is 4. The van der Waals surface area contributed by atoms with Gasteiger partial charge in [0, 0.05) is 33.0 Å². The summed E-state index contributed by atoms with van der Waals surface area (Å²) < 4.78 is 0. The van der Waals surface area contributed by atoms with Crippen LogP contribution in [0.15, 0.2) is 0 Å². The molecule has 0 radical (unpaired) electrons. The molecular weight excluding hydrogens is 172 g/mol. The largest absolute Gasteiger partial charge is 0.356 e. The molecule has 2 amide bonds. The smallest absolute Gasteiger partial charge is 0.221 e. The van der Waals surface area contributed by atoms with Crippen LogP contribution in [0.4, 0.5) is 0 Å². The molecule has 0 aromatic rings. The van der Waals surface area contributed by atoms with E-state index in [1.54, 1.807) is 0 Å². The van der Waals surface area contributed by atoms with E-state index in [1.807, 2.05) is 0 Å². The monoisotopic (exact) mass is 190 g/mol. The van der Waals surface area contributed by atoms with Crippen molar-refractivity contribution >= 4 is 11.8 Å². The molecular formula is C7H18N4O2. The molecule has 0 aliphatic carbocycles. The number of rotatable bonds is 5. The van der Waals surface area contributed by atoms with Gasteiger partial charge in [-0.25, -0.2) is 0 Å². The van der Waals surface area contributed by atoms with Gasteiger partial charge >= 0.3 is 0 Å². The van der Waals surface area contributed by atoms with Gasteiger partial charge in [0.2, 0.25) is 11.8 Å². The van der Waals surface area contributed by atoms with Crippen molar-refractivity contribution in [2.75, 3.05) is 19.6 Å². The molecule has 0 rings (SSSR count). The van der Waals surface area contributed by atoms with E-state index in [2.05, 4.69) is 10.6 Å². The van der Waals surface area contributed by atoms with Crippen molar-refractivity contribution in [3.63, 3.8) is 0 Å². The molecule has 0 saturated heterocycles. The lowest BCUT2D eigenvalue weighted by molar-refractivity contribution is -0.121. The van der Waals surface area contributed by atoms with E-state index in [0.717, 1.165) is 0 Å². The van der Waals surface area contributed by atoms with Crippen LogP contribution in [0.5, 0.6) is 0 Å². The second-order valence-electron chi connectivity index (χ2n) is 2.37. The molecule has 0 aromatic carbocycles. The molecule has 0 unspecified atom stereocenters. The zero-order chi connectivity index (χ0) is 9.40. The first-order chi connectivity index (χ1) is 5.66. The summed E-state index contributed by atoms with van der Waals surface area (Å²) in [7, 11) is 0. The van der Waals surface area contributed by atoms with Crippen molar-refractivity contribution in [2.45, 2.75) is 13.3 Å². The van der Waals surface area contributed by atoms with Gasteiger partial charge in [-0.2, -0.15) is 0 Å². The maximum Gasteiger partial charge on any atom is 0.221 e. The topological polar surface area (TPSA) is 119 Å². The summed E-state index contributed by atoms with van der Waals surface area (Å²) in [5, 5.41) is 5.11. The molecule has 0 saturated carbocycles. The Morgan fingerprint density at radius 3 is 2.31 bits per heavy atom. The lowest BCUT2D eigenvalue weighted by Gasteiger charge is -2.03. The fourth-order valence-electron chi connectivity index (χ4n) is 0.652. The molecule has 6 nitrogen and oxygen atoms in total. The second-order valence-corrected chi connectivity index (χ2v) is 2.37. The third-order valence-electron chi connectivity index (χ3n) is 1.19. The number of carbonyl (C=O) groups excluding carboxylic acids is 2. The lowest BCUT2D eigenvalue weighted by Crippen LogP contribution is -2.32. The molecule has 13 heavy (non-hydrogen) atoms. The number of nitrogens with two attached hydrogens (primary N) is 1. The highest BCUT2D eigenvalue weighted by Gasteiger charge is 1.99. The molecule has 0 bridgehead atoms. The molecule has 0 atom stereocenters. The summed E-state index contributed by atoms with van der Waals surface area (Å²) in [5.74, 6) is -0.212. The average Bonchev–Trinajstić information content (AvgIpc) is 2.00. The molecule has 0 fully saturated rings. The van der Waals surface area contributed by atoms with E-state index in [-0.39, 0.29) is 18.0 Å². The third-order valence-corrected chi connectivity index (χ3v) is 1.19. The quantitative estimate of drug-likeness (QED) is 0.433. The predicted molar refractivity (Wildman–Crippen MR) is 50.4 cm³/mol. The van der Waals surface area contributed by atoms with Gasteiger partial charge in [0.1, 0.15) is 0 Å². The Morgan fingerprint density at radius 2 is 1.85 bits per heavy atom. The Morgan fingerprint density at radius 1 is 1.23 bits per heavy atom. The Kier molecular flexibility index (Phi) is 9.91. The van der Waals surface area contributed by atoms with Crippen LogP contribution >= 0.6 is 0 Å². The normalized spacial score (nSPS) is 8.46. The van der Waals surface area contributed by atoms with Gasteiger partial charge in [0.05, 0.1) is 0 Å². The number of hydrogen-bond donors (Lipinski definition) is 4. The van der Waals surface area contributed by atoms with Crippen molar-refractivity contribution in [1.29, 1.82) is 0 Å². The highest BCUT2D eigenvalue weighted by atomic mass is 16.2. The number of carbonyl (C=O) groups is 2. The molecule has 78 valence electrons. The lowest BCUT2D eigenvalue weighted by atomic mass is 10.4. The molecule has 0 aliphatic heterocycles. The van der Waals surface area contributed by atoms with Gasteiger partial charge in [0.25, 0.3) is 0 Å². The summed E-state index contributed by atoms with van der Waals surface area (Å²) in [6, 6.07) is 0. The van der Waals surface area contributed by atoms with Crippen LogP contribution < -0.4 is 22.5 Å². The fraction of sp³-hybridized carbons (Fsp3) is 0.714. The fourth-order valence-corrected chi connectivity index (χ4v) is 0.652. The van der Waals surface area contributed by atoms with Crippen molar-refractivity contribution < 1.29 is 9.59 Å². The zero-order valence-corrected chi connectivity index (χ0v) is 7.93. The summed E-state index contributed by atoms with van der Waals surface area (Å²) in [4.78, 5) is 21.2. The summed E-state index contributed by atoms with van der Waals surface area (Å²) >= 11 is 0. The van der Waals surface area contributed by atoms with Crippen LogP contribution in [0.3, 0.4) is 0 Å². The van der Waals surface area contributed by atoms with Crippen LogP contribution in [0.1, 0.15) is 13.3 Å². The first-order valence-electron chi connectivity index (χ1n) is 3.88. The first kappa shape index (κ1) is 14.4. The molecule has 0 heterocycles. The molecule has 0 aliphatic rings. The predicted octanol–water partition coefficient (Wildman–Crippen LogP) is -1.25. The van der Waals surface area contributed by atoms with E-state index in [1.165, 1.54) is 6.92 Å². The van der Waals surface area contributed by atoms with Crippen LogP contribution in [-0.4, -0.2) is 31.4 Å². The molecule has 0 aromatic heterocycles. The molecule has 7 N–H and O–H groups in total. The van der Waals surface area contributed by atoms with Crippen LogP contribution in [0.25, 0.3) is 0 Å².